The Labute approximate surface area is 93.4 Å². The summed E-state index contributed by atoms with van der Waals surface area (Å²) in [6, 6.07) is 13.9. The second-order valence-electron chi connectivity index (χ2n) is 3.45. The van der Waals surface area contributed by atoms with Crippen LogP contribution in [0.5, 0.6) is 0 Å². The van der Waals surface area contributed by atoms with E-state index < -0.39 is 0 Å². The Morgan fingerprint density at radius 3 is 2.69 bits per heavy atom. The van der Waals surface area contributed by atoms with Gasteiger partial charge in [0.05, 0.1) is 6.54 Å². The summed E-state index contributed by atoms with van der Waals surface area (Å²) >= 11 is 0. The van der Waals surface area contributed by atoms with E-state index in [1.807, 2.05) is 42.5 Å². The van der Waals surface area contributed by atoms with Crippen LogP contribution in [0.4, 0.5) is 5.69 Å². The van der Waals surface area contributed by atoms with Crippen molar-refractivity contribution in [2.75, 3.05) is 11.9 Å². The van der Waals surface area contributed by atoms with Gasteiger partial charge >= 0.3 is 0 Å². The van der Waals surface area contributed by atoms with Crippen LogP contribution in [-0.4, -0.2) is 12.5 Å². The van der Waals surface area contributed by atoms with E-state index in [1.54, 1.807) is 0 Å². The molecule has 0 bridgehead atoms. The molecule has 0 unspecified atom stereocenters. The van der Waals surface area contributed by atoms with Gasteiger partial charge in [-0.25, -0.2) is 5.84 Å². The average Bonchev–Trinajstić information content (AvgIpc) is 2.35. The van der Waals surface area contributed by atoms with Gasteiger partial charge in [0.15, 0.2) is 0 Å². The highest BCUT2D eigenvalue weighted by Gasteiger charge is 2.01. The molecule has 0 spiro atoms. The second kappa shape index (κ2) is 4.63. The molecule has 2 aromatic carbocycles. The third-order valence-electron chi connectivity index (χ3n) is 2.39. The highest BCUT2D eigenvalue weighted by Crippen LogP contribution is 2.22. The first kappa shape index (κ1) is 10.4. The summed E-state index contributed by atoms with van der Waals surface area (Å²) in [6.07, 6.45) is 0. The van der Waals surface area contributed by atoms with Crippen molar-refractivity contribution < 1.29 is 4.79 Å². The third kappa shape index (κ3) is 2.12. The summed E-state index contributed by atoms with van der Waals surface area (Å²) < 4.78 is 0. The van der Waals surface area contributed by atoms with Gasteiger partial charge in [0.1, 0.15) is 0 Å². The molecule has 0 radical (unpaired) electrons. The van der Waals surface area contributed by atoms with E-state index in [4.69, 9.17) is 5.84 Å². The van der Waals surface area contributed by atoms with Gasteiger partial charge in [-0.15, -0.1) is 0 Å². The molecule has 4 nitrogen and oxygen atoms in total. The van der Waals surface area contributed by atoms with Crippen LogP contribution in [0, 0.1) is 0 Å². The number of nitrogens with two attached hydrogens (primary N) is 1. The summed E-state index contributed by atoms with van der Waals surface area (Å²) in [5, 5.41) is 5.28. The first-order valence-corrected chi connectivity index (χ1v) is 5.02. The molecular formula is C12H13N3O. The minimum absolute atomic E-state index is 0.171. The first-order valence-electron chi connectivity index (χ1n) is 5.02. The van der Waals surface area contributed by atoms with Gasteiger partial charge in [0.25, 0.3) is 5.91 Å². The van der Waals surface area contributed by atoms with Crippen molar-refractivity contribution in [3.05, 3.63) is 42.5 Å². The summed E-state index contributed by atoms with van der Waals surface area (Å²) in [7, 11) is 0. The van der Waals surface area contributed by atoms with Crippen LogP contribution >= 0.6 is 0 Å². The summed E-state index contributed by atoms with van der Waals surface area (Å²) in [5.41, 5.74) is 3.01. The molecule has 2 aromatic rings. The number of hydrogen-bond donors (Lipinski definition) is 3. The van der Waals surface area contributed by atoms with Gasteiger partial charge in [-0.2, -0.15) is 0 Å². The number of rotatable bonds is 3. The van der Waals surface area contributed by atoms with Crippen LogP contribution in [0.3, 0.4) is 0 Å². The fourth-order valence-corrected chi connectivity index (χ4v) is 1.61. The van der Waals surface area contributed by atoms with E-state index >= 15 is 0 Å². The predicted octanol–water partition coefficient (Wildman–Crippen LogP) is 1.24. The largest absolute Gasteiger partial charge is 0.376 e. The maximum atomic E-state index is 11.0. The molecule has 0 aromatic heterocycles. The summed E-state index contributed by atoms with van der Waals surface area (Å²) in [4.78, 5) is 11.0. The van der Waals surface area contributed by atoms with E-state index in [-0.39, 0.29) is 12.5 Å². The molecule has 4 heteroatoms. The molecule has 4 N–H and O–H groups in total. The number of anilines is 1. The van der Waals surface area contributed by atoms with Crippen LogP contribution in [0.2, 0.25) is 0 Å². The molecule has 0 heterocycles. The SMILES string of the molecule is NNC(=O)CNc1cccc2ccccc12. The molecule has 0 aliphatic rings. The number of hydrazine groups is 1. The van der Waals surface area contributed by atoms with Gasteiger partial charge in [0.2, 0.25) is 0 Å². The molecule has 0 atom stereocenters. The Kier molecular flexibility index (Phi) is 3.03. The molecular weight excluding hydrogens is 202 g/mol. The van der Waals surface area contributed by atoms with Gasteiger partial charge < -0.3 is 5.32 Å². The lowest BCUT2D eigenvalue weighted by Crippen LogP contribution is -2.35. The van der Waals surface area contributed by atoms with Crippen molar-refractivity contribution >= 4 is 22.4 Å². The van der Waals surface area contributed by atoms with Crippen LogP contribution in [0.25, 0.3) is 10.8 Å². The van der Waals surface area contributed by atoms with Crippen molar-refractivity contribution in [3.63, 3.8) is 0 Å². The smallest absolute Gasteiger partial charge is 0.253 e. The van der Waals surface area contributed by atoms with E-state index in [1.165, 1.54) is 0 Å². The van der Waals surface area contributed by atoms with Crippen LogP contribution < -0.4 is 16.6 Å². The van der Waals surface area contributed by atoms with Crippen molar-refractivity contribution in [2.24, 2.45) is 5.84 Å². The predicted molar refractivity (Wildman–Crippen MR) is 64.8 cm³/mol. The average molecular weight is 215 g/mol. The van der Waals surface area contributed by atoms with E-state index in [0.717, 1.165) is 16.5 Å². The number of fused-ring (bicyclic) bond motifs is 1. The summed E-state index contributed by atoms with van der Waals surface area (Å²) in [6.45, 7) is 0.171. The Hall–Kier alpha value is -2.07. The van der Waals surface area contributed by atoms with Crippen molar-refractivity contribution in [3.8, 4) is 0 Å². The lowest BCUT2D eigenvalue weighted by atomic mass is 10.1. The van der Waals surface area contributed by atoms with Gasteiger partial charge in [-0.05, 0) is 11.5 Å². The molecule has 0 aliphatic carbocycles. The molecule has 2 rings (SSSR count). The third-order valence-corrected chi connectivity index (χ3v) is 2.39. The number of hydrogen-bond acceptors (Lipinski definition) is 3. The minimum atomic E-state index is -0.243. The minimum Gasteiger partial charge on any atom is -0.376 e. The highest BCUT2D eigenvalue weighted by molar-refractivity contribution is 5.95. The zero-order valence-corrected chi connectivity index (χ0v) is 8.73. The van der Waals surface area contributed by atoms with Crippen LogP contribution in [-0.2, 0) is 4.79 Å². The Balaban J connectivity index is 2.27. The Morgan fingerprint density at radius 1 is 1.12 bits per heavy atom. The molecule has 0 aliphatic heterocycles. The van der Waals surface area contributed by atoms with Gasteiger partial charge in [0, 0.05) is 11.1 Å². The summed E-state index contributed by atoms with van der Waals surface area (Å²) in [5.74, 6) is 4.77. The fourth-order valence-electron chi connectivity index (χ4n) is 1.61. The molecule has 0 saturated carbocycles. The number of nitrogens with one attached hydrogen (secondary N) is 2. The van der Waals surface area contributed by atoms with Crippen LogP contribution in [0.1, 0.15) is 0 Å². The number of carbonyl (C=O) groups excluding carboxylic acids is 1. The molecule has 82 valence electrons. The maximum absolute atomic E-state index is 11.0. The highest BCUT2D eigenvalue weighted by atomic mass is 16.2. The Morgan fingerprint density at radius 2 is 1.88 bits per heavy atom. The lowest BCUT2D eigenvalue weighted by molar-refractivity contribution is -0.119. The van der Waals surface area contributed by atoms with E-state index in [9.17, 15) is 4.79 Å². The topological polar surface area (TPSA) is 67.1 Å². The fraction of sp³-hybridized carbons (Fsp3) is 0.0833. The van der Waals surface area contributed by atoms with Crippen molar-refractivity contribution in [1.29, 1.82) is 0 Å². The second-order valence-corrected chi connectivity index (χ2v) is 3.45. The molecule has 0 saturated heterocycles. The van der Waals surface area contributed by atoms with Crippen LogP contribution in [0.15, 0.2) is 42.5 Å². The Bertz CT molecular complexity index is 505. The molecule has 0 fully saturated rings. The molecule has 16 heavy (non-hydrogen) atoms. The van der Waals surface area contributed by atoms with Gasteiger partial charge in [-0.3, -0.25) is 10.2 Å². The maximum Gasteiger partial charge on any atom is 0.253 e. The zero-order valence-electron chi connectivity index (χ0n) is 8.73. The van der Waals surface area contributed by atoms with Crippen molar-refractivity contribution in [2.45, 2.75) is 0 Å². The van der Waals surface area contributed by atoms with Crippen molar-refractivity contribution in [1.82, 2.24) is 5.43 Å². The normalized spacial score (nSPS) is 10.1. The number of carbonyl (C=O) groups is 1. The first-order chi connectivity index (χ1) is 7.81. The quantitative estimate of drug-likeness (QED) is 0.410. The number of amides is 1. The zero-order chi connectivity index (χ0) is 11.4. The van der Waals surface area contributed by atoms with Gasteiger partial charge in [-0.1, -0.05) is 36.4 Å². The van der Waals surface area contributed by atoms with E-state index in [0.29, 0.717) is 0 Å². The number of benzene rings is 2. The van der Waals surface area contributed by atoms with E-state index in [2.05, 4.69) is 10.7 Å². The molecule has 1 amide bonds. The standard InChI is InChI=1S/C12H13N3O/c13-15-12(16)8-14-11-7-3-5-9-4-1-2-6-10(9)11/h1-7,14H,8,13H2,(H,15,16). The lowest BCUT2D eigenvalue weighted by Gasteiger charge is -2.08. The monoisotopic (exact) mass is 215 g/mol.